The molecule has 17 heavy (non-hydrogen) atoms. The van der Waals surface area contributed by atoms with Crippen molar-refractivity contribution in [3.63, 3.8) is 0 Å². The number of carbonyl (C=O) groups is 1. The van der Waals surface area contributed by atoms with Gasteiger partial charge in [-0.3, -0.25) is 9.59 Å². The van der Waals surface area contributed by atoms with E-state index in [9.17, 15) is 9.59 Å². The summed E-state index contributed by atoms with van der Waals surface area (Å²) < 4.78 is 0. The van der Waals surface area contributed by atoms with Crippen molar-refractivity contribution in [2.75, 3.05) is 23.8 Å². The first-order valence-corrected chi connectivity index (χ1v) is 7.62. The van der Waals surface area contributed by atoms with Gasteiger partial charge in [0, 0.05) is 47.5 Å². The van der Waals surface area contributed by atoms with E-state index in [-0.39, 0.29) is 16.9 Å². The predicted molar refractivity (Wildman–Crippen MR) is 73.0 cm³/mol. The molecule has 1 amide bonds. The fourth-order valence-corrected chi connectivity index (χ4v) is 4.16. The molecule has 1 fully saturated rings. The van der Waals surface area contributed by atoms with Gasteiger partial charge in [-0.25, -0.2) is 0 Å². The maximum Gasteiger partial charge on any atom is 0.256 e. The molecule has 2 rings (SSSR count). The number of H-pyrrole nitrogens is 1. The Morgan fingerprint density at radius 3 is 3.12 bits per heavy atom. The molecule has 0 spiro atoms. The fourth-order valence-electron chi connectivity index (χ4n) is 1.55. The highest BCUT2D eigenvalue weighted by Crippen LogP contribution is 2.23. The summed E-state index contributed by atoms with van der Waals surface area (Å²) in [5.74, 6) is 3.10. The van der Waals surface area contributed by atoms with E-state index in [0.29, 0.717) is 11.8 Å². The third-order valence-corrected chi connectivity index (χ3v) is 5.29. The van der Waals surface area contributed by atoms with Crippen LogP contribution in [0.5, 0.6) is 0 Å². The quantitative estimate of drug-likeness (QED) is 0.858. The molecule has 0 bridgehead atoms. The van der Waals surface area contributed by atoms with Gasteiger partial charge in [0.05, 0.1) is 0 Å². The molecule has 0 aromatic carbocycles. The Hall–Kier alpha value is -0.880. The van der Waals surface area contributed by atoms with Crippen molar-refractivity contribution in [1.82, 2.24) is 10.3 Å². The number of aromatic amines is 1. The van der Waals surface area contributed by atoms with Gasteiger partial charge in [0.15, 0.2) is 5.43 Å². The number of aromatic nitrogens is 1. The average molecular weight is 270 g/mol. The zero-order valence-corrected chi connectivity index (χ0v) is 10.9. The second kappa shape index (κ2) is 6.16. The van der Waals surface area contributed by atoms with Crippen LogP contribution in [0.1, 0.15) is 10.4 Å². The highest BCUT2D eigenvalue weighted by Gasteiger charge is 2.16. The van der Waals surface area contributed by atoms with Gasteiger partial charge in [-0.2, -0.15) is 23.5 Å². The maximum absolute atomic E-state index is 11.8. The van der Waals surface area contributed by atoms with Crippen molar-refractivity contribution in [3.05, 3.63) is 34.2 Å². The Kier molecular flexibility index (Phi) is 4.56. The van der Waals surface area contributed by atoms with Gasteiger partial charge in [0.2, 0.25) is 0 Å². The van der Waals surface area contributed by atoms with Gasteiger partial charge < -0.3 is 10.3 Å². The summed E-state index contributed by atoms with van der Waals surface area (Å²) >= 11 is 3.80. The third kappa shape index (κ3) is 3.54. The van der Waals surface area contributed by atoms with Gasteiger partial charge in [-0.05, 0) is 0 Å². The van der Waals surface area contributed by atoms with Gasteiger partial charge in [-0.15, -0.1) is 0 Å². The lowest BCUT2D eigenvalue weighted by Gasteiger charge is -2.20. The van der Waals surface area contributed by atoms with Crippen LogP contribution in [0.2, 0.25) is 0 Å². The third-order valence-electron chi connectivity index (χ3n) is 2.44. The second-order valence-electron chi connectivity index (χ2n) is 3.70. The Morgan fingerprint density at radius 1 is 1.53 bits per heavy atom. The predicted octanol–water partition coefficient (Wildman–Crippen LogP) is 0.953. The minimum Gasteiger partial charge on any atom is -0.367 e. The molecular weight excluding hydrogens is 256 g/mol. The molecule has 0 saturated carbocycles. The van der Waals surface area contributed by atoms with E-state index in [1.807, 2.05) is 23.5 Å². The molecule has 1 aromatic heterocycles. The minimum atomic E-state index is -0.289. The number of hydrogen-bond donors (Lipinski definition) is 2. The van der Waals surface area contributed by atoms with Crippen molar-refractivity contribution < 1.29 is 4.79 Å². The van der Waals surface area contributed by atoms with Crippen LogP contribution in [-0.4, -0.2) is 39.9 Å². The summed E-state index contributed by atoms with van der Waals surface area (Å²) in [6.45, 7) is 0.630. The topological polar surface area (TPSA) is 62.0 Å². The van der Waals surface area contributed by atoms with Crippen LogP contribution in [0.15, 0.2) is 23.3 Å². The highest BCUT2D eigenvalue weighted by atomic mass is 32.2. The van der Waals surface area contributed by atoms with Gasteiger partial charge >= 0.3 is 0 Å². The summed E-state index contributed by atoms with van der Waals surface area (Å²) in [5.41, 5.74) is -0.0621. The van der Waals surface area contributed by atoms with Crippen LogP contribution < -0.4 is 10.7 Å². The molecule has 6 heteroatoms. The molecule has 2 N–H and O–H groups in total. The van der Waals surface area contributed by atoms with E-state index in [4.69, 9.17) is 0 Å². The highest BCUT2D eigenvalue weighted by molar-refractivity contribution is 8.06. The molecule has 0 radical (unpaired) electrons. The summed E-state index contributed by atoms with van der Waals surface area (Å²) in [6, 6.07) is 1.36. The van der Waals surface area contributed by atoms with Crippen LogP contribution in [0.25, 0.3) is 0 Å². The molecule has 1 atom stereocenters. The molecule has 0 aliphatic carbocycles. The minimum absolute atomic E-state index is 0.181. The molecule has 2 heterocycles. The number of hydrogen-bond acceptors (Lipinski definition) is 4. The van der Waals surface area contributed by atoms with Crippen LogP contribution in [0, 0.1) is 0 Å². The van der Waals surface area contributed by atoms with E-state index < -0.39 is 0 Å². The zero-order valence-electron chi connectivity index (χ0n) is 9.27. The first-order chi connectivity index (χ1) is 8.27. The number of rotatable bonds is 3. The van der Waals surface area contributed by atoms with Crippen LogP contribution >= 0.6 is 23.5 Å². The normalized spacial score (nSPS) is 19.9. The largest absolute Gasteiger partial charge is 0.367 e. The fraction of sp³-hybridized carbons (Fsp3) is 0.455. The Bertz CT molecular complexity index is 441. The summed E-state index contributed by atoms with van der Waals surface area (Å²) in [5, 5.41) is 3.28. The van der Waals surface area contributed by atoms with Crippen LogP contribution in [-0.2, 0) is 0 Å². The summed E-state index contributed by atoms with van der Waals surface area (Å²) in [6.07, 6.45) is 2.97. The SMILES string of the molecule is O=C(NCC1CSCCS1)c1c[nH]ccc1=O. The van der Waals surface area contributed by atoms with E-state index in [1.165, 1.54) is 24.2 Å². The maximum atomic E-state index is 11.8. The smallest absolute Gasteiger partial charge is 0.256 e. The van der Waals surface area contributed by atoms with E-state index in [0.717, 1.165) is 11.5 Å². The van der Waals surface area contributed by atoms with Crippen molar-refractivity contribution >= 4 is 29.4 Å². The van der Waals surface area contributed by atoms with Gasteiger partial charge in [0.1, 0.15) is 5.56 Å². The zero-order chi connectivity index (χ0) is 12.1. The molecule has 1 unspecified atom stereocenters. The lowest BCUT2D eigenvalue weighted by atomic mass is 10.2. The number of amides is 1. The van der Waals surface area contributed by atoms with E-state index >= 15 is 0 Å². The van der Waals surface area contributed by atoms with Crippen LogP contribution in [0.4, 0.5) is 0 Å². The monoisotopic (exact) mass is 270 g/mol. The van der Waals surface area contributed by atoms with Crippen molar-refractivity contribution in [1.29, 1.82) is 0 Å². The molecular formula is C11H14N2O2S2. The number of nitrogens with one attached hydrogen (secondary N) is 2. The van der Waals surface area contributed by atoms with Crippen molar-refractivity contribution in [2.24, 2.45) is 0 Å². The molecule has 1 aliphatic heterocycles. The van der Waals surface area contributed by atoms with Crippen molar-refractivity contribution in [3.8, 4) is 0 Å². The molecule has 1 aromatic rings. The molecule has 4 nitrogen and oxygen atoms in total. The molecule has 1 saturated heterocycles. The summed E-state index contributed by atoms with van der Waals surface area (Å²) in [7, 11) is 0. The average Bonchev–Trinajstić information content (AvgIpc) is 2.38. The molecule has 92 valence electrons. The van der Waals surface area contributed by atoms with Gasteiger partial charge in [0.25, 0.3) is 5.91 Å². The van der Waals surface area contributed by atoms with E-state index in [1.54, 1.807) is 0 Å². The Balaban J connectivity index is 1.89. The summed E-state index contributed by atoms with van der Waals surface area (Å²) in [4.78, 5) is 25.9. The number of pyridine rings is 1. The molecule has 1 aliphatic rings. The number of thioether (sulfide) groups is 2. The van der Waals surface area contributed by atoms with Crippen LogP contribution in [0.3, 0.4) is 0 Å². The second-order valence-corrected chi connectivity index (χ2v) is 6.26. The Labute approximate surface area is 108 Å². The standard InChI is InChI=1S/C11H14N2O2S2/c14-10-1-2-12-6-9(10)11(15)13-5-8-7-16-3-4-17-8/h1-2,6,8H,3-5,7H2,(H,12,14)(H,13,15). The lowest BCUT2D eigenvalue weighted by molar-refractivity contribution is 0.0953. The lowest BCUT2D eigenvalue weighted by Crippen LogP contribution is -2.35. The van der Waals surface area contributed by atoms with E-state index in [2.05, 4.69) is 10.3 Å². The Morgan fingerprint density at radius 2 is 2.41 bits per heavy atom. The van der Waals surface area contributed by atoms with Crippen molar-refractivity contribution in [2.45, 2.75) is 5.25 Å². The first kappa shape index (κ1) is 12.6. The number of carbonyl (C=O) groups excluding carboxylic acids is 1. The first-order valence-electron chi connectivity index (χ1n) is 5.42. The van der Waals surface area contributed by atoms with Gasteiger partial charge in [-0.1, -0.05) is 0 Å².